The molecule has 1 aliphatic heterocycles. The van der Waals surface area contributed by atoms with Crippen LogP contribution in [0.2, 0.25) is 0 Å². The largest absolute Gasteiger partial charge is 0.480 e. The summed E-state index contributed by atoms with van der Waals surface area (Å²) in [4.78, 5) is 25.9. The fourth-order valence-electron chi connectivity index (χ4n) is 3.78. The molecule has 21 heavy (non-hydrogen) atoms. The average molecular weight is 291 g/mol. The van der Waals surface area contributed by atoms with Gasteiger partial charge in [-0.2, -0.15) is 0 Å². The first kappa shape index (κ1) is 14.2. The fourth-order valence-corrected chi connectivity index (χ4v) is 3.78. The summed E-state index contributed by atoms with van der Waals surface area (Å²) in [6.07, 6.45) is 4.69. The van der Waals surface area contributed by atoms with Gasteiger partial charge in [0.05, 0.1) is 0 Å². The molecule has 0 radical (unpaired) electrons. The molecule has 0 spiro atoms. The summed E-state index contributed by atoms with van der Waals surface area (Å²) in [6, 6.07) is 1.06. The fraction of sp³-hybridized carbons (Fsp3) is 0.625. The number of aryl methyl sites for hydroxylation is 2. The Morgan fingerprint density at radius 3 is 2.62 bits per heavy atom. The minimum Gasteiger partial charge on any atom is -0.480 e. The molecular formula is C16H21NO4. The molecule has 2 aliphatic rings. The third-order valence-electron chi connectivity index (χ3n) is 4.98. The Kier molecular flexibility index (Phi) is 3.51. The highest BCUT2D eigenvalue weighted by Crippen LogP contribution is 2.40. The molecule has 1 saturated heterocycles. The molecule has 0 unspecified atom stereocenters. The number of carbonyl (C=O) groups excluding carboxylic acids is 1. The summed E-state index contributed by atoms with van der Waals surface area (Å²) in [5, 5.41) is 9.46. The van der Waals surface area contributed by atoms with Crippen molar-refractivity contribution in [2.75, 3.05) is 0 Å². The second kappa shape index (κ2) is 5.20. The number of hydrogen-bond acceptors (Lipinski definition) is 3. The number of nitrogens with zero attached hydrogens (tertiary/aromatic N) is 1. The Hall–Kier alpha value is -1.78. The van der Waals surface area contributed by atoms with Gasteiger partial charge >= 0.3 is 5.97 Å². The van der Waals surface area contributed by atoms with Crippen LogP contribution in [0.4, 0.5) is 0 Å². The van der Waals surface area contributed by atoms with E-state index in [1.165, 1.54) is 0 Å². The van der Waals surface area contributed by atoms with Crippen molar-refractivity contribution in [1.82, 2.24) is 4.90 Å². The van der Waals surface area contributed by atoms with Gasteiger partial charge in [0.1, 0.15) is 11.8 Å². The molecule has 1 N–H and O–H groups in total. The lowest BCUT2D eigenvalue weighted by molar-refractivity contribution is -0.141. The van der Waals surface area contributed by atoms with Crippen molar-refractivity contribution in [2.45, 2.75) is 58.0 Å². The molecule has 3 atom stereocenters. The lowest BCUT2D eigenvalue weighted by Gasteiger charge is -2.32. The van der Waals surface area contributed by atoms with Crippen LogP contribution < -0.4 is 0 Å². The van der Waals surface area contributed by atoms with Gasteiger partial charge in [-0.3, -0.25) is 4.79 Å². The second-order valence-corrected chi connectivity index (χ2v) is 6.26. The van der Waals surface area contributed by atoms with Crippen molar-refractivity contribution >= 4 is 11.9 Å². The van der Waals surface area contributed by atoms with Gasteiger partial charge in [0.15, 0.2) is 5.76 Å². The highest BCUT2D eigenvalue weighted by atomic mass is 16.4. The molecule has 1 aromatic rings. The highest BCUT2D eigenvalue weighted by molar-refractivity contribution is 5.95. The van der Waals surface area contributed by atoms with Gasteiger partial charge in [0, 0.05) is 6.04 Å². The van der Waals surface area contributed by atoms with E-state index in [1.807, 2.05) is 13.8 Å². The van der Waals surface area contributed by atoms with Crippen molar-refractivity contribution in [2.24, 2.45) is 5.92 Å². The van der Waals surface area contributed by atoms with E-state index in [-0.39, 0.29) is 17.7 Å². The topological polar surface area (TPSA) is 70.8 Å². The molecule has 2 fully saturated rings. The molecule has 1 aliphatic carbocycles. The lowest BCUT2D eigenvalue weighted by Crippen LogP contribution is -2.46. The Balaban J connectivity index is 1.92. The maximum Gasteiger partial charge on any atom is 0.326 e. The van der Waals surface area contributed by atoms with Gasteiger partial charge in [-0.05, 0) is 50.7 Å². The first-order valence-electron chi connectivity index (χ1n) is 7.61. The third kappa shape index (κ3) is 2.34. The predicted octanol–water partition coefficient (Wildman–Crippen LogP) is 2.75. The summed E-state index contributed by atoms with van der Waals surface area (Å²) in [5.74, 6) is 0.124. The van der Waals surface area contributed by atoms with Gasteiger partial charge in [-0.25, -0.2) is 4.79 Å². The number of carbonyl (C=O) groups is 2. The molecule has 1 saturated carbocycles. The van der Waals surface area contributed by atoms with Gasteiger partial charge in [0.25, 0.3) is 5.91 Å². The zero-order valence-electron chi connectivity index (χ0n) is 12.5. The van der Waals surface area contributed by atoms with Gasteiger partial charge in [-0.15, -0.1) is 0 Å². The molecule has 114 valence electrons. The normalized spacial score (nSPS) is 28.5. The number of carboxylic acid groups (broad SMARTS) is 1. The van der Waals surface area contributed by atoms with Crippen LogP contribution in [-0.2, 0) is 4.79 Å². The van der Waals surface area contributed by atoms with Gasteiger partial charge < -0.3 is 14.4 Å². The Labute approximate surface area is 123 Å². The third-order valence-corrected chi connectivity index (χ3v) is 4.98. The minimum absolute atomic E-state index is 0.0538. The van der Waals surface area contributed by atoms with Crippen molar-refractivity contribution in [3.05, 3.63) is 23.2 Å². The van der Waals surface area contributed by atoms with Crippen LogP contribution in [0.15, 0.2) is 10.5 Å². The van der Waals surface area contributed by atoms with E-state index in [0.717, 1.165) is 31.2 Å². The van der Waals surface area contributed by atoms with Crippen LogP contribution in [0.5, 0.6) is 0 Å². The highest BCUT2D eigenvalue weighted by Gasteiger charge is 2.48. The van der Waals surface area contributed by atoms with E-state index in [0.29, 0.717) is 18.1 Å². The number of amides is 1. The van der Waals surface area contributed by atoms with Crippen LogP contribution in [-0.4, -0.2) is 34.0 Å². The lowest BCUT2D eigenvalue weighted by atomic mass is 9.84. The first-order chi connectivity index (χ1) is 9.99. The summed E-state index contributed by atoms with van der Waals surface area (Å²) in [7, 11) is 0. The van der Waals surface area contributed by atoms with E-state index in [2.05, 4.69) is 0 Å². The molecule has 0 aromatic carbocycles. The zero-order valence-corrected chi connectivity index (χ0v) is 12.5. The van der Waals surface area contributed by atoms with E-state index in [9.17, 15) is 14.7 Å². The Morgan fingerprint density at radius 1 is 1.29 bits per heavy atom. The summed E-state index contributed by atoms with van der Waals surface area (Å²) < 4.78 is 5.51. The average Bonchev–Trinajstić information content (AvgIpc) is 2.99. The quantitative estimate of drug-likeness (QED) is 0.909. The number of furan rings is 1. The molecule has 3 rings (SSSR count). The Bertz CT molecular complexity index is 557. The van der Waals surface area contributed by atoms with Crippen LogP contribution in [0, 0.1) is 19.8 Å². The zero-order chi connectivity index (χ0) is 15.1. The standard InChI is InChI=1S/C16H21NO4/c1-9-7-14(21-10(9)2)15(18)17-12-6-4-3-5-11(12)8-13(17)16(19)20/h7,11-13H,3-6,8H2,1-2H3,(H,19,20)/t11-,12+,13+/m1/s1. The summed E-state index contributed by atoms with van der Waals surface area (Å²) >= 11 is 0. The van der Waals surface area contributed by atoms with Crippen molar-refractivity contribution in [3.63, 3.8) is 0 Å². The van der Waals surface area contributed by atoms with E-state index >= 15 is 0 Å². The van der Waals surface area contributed by atoms with Crippen LogP contribution in [0.3, 0.4) is 0 Å². The maximum absolute atomic E-state index is 12.8. The van der Waals surface area contributed by atoms with Crippen molar-refractivity contribution in [1.29, 1.82) is 0 Å². The van der Waals surface area contributed by atoms with Crippen molar-refractivity contribution in [3.8, 4) is 0 Å². The number of hydrogen-bond donors (Lipinski definition) is 1. The number of aliphatic carboxylic acids is 1. The number of fused-ring (bicyclic) bond motifs is 1. The van der Waals surface area contributed by atoms with E-state index in [1.54, 1.807) is 11.0 Å². The van der Waals surface area contributed by atoms with Crippen LogP contribution >= 0.6 is 0 Å². The van der Waals surface area contributed by atoms with Crippen molar-refractivity contribution < 1.29 is 19.1 Å². The smallest absolute Gasteiger partial charge is 0.326 e. The number of rotatable bonds is 2. The number of carboxylic acids is 1. The molecule has 0 bridgehead atoms. The summed E-state index contributed by atoms with van der Waals surface area (Å²) in [6.45, 7) is 3.70. The van der Waals surface area contributed by atoms with E-state index in [4.69, 9.17) is 4.42 Å². The van der Waals surface area contributed by atoms with Crippen LogP contribution in [0.25, 0.3) is 0 Å². The molecule has 2 heterocycles. The molecule has 5 heteroatoms. The minimum atomic E-state index is -0.905. The second-order valence-electron chi connectivity index (χ2n) is 6.26. The number of likely N-dealkylation sites (tertiary alicyclic amines) is 1. The SMILES string of the molecule is Cc1cc(C(=O)N2[C@H](C(=O)O)C[C@H]3CCCC[C@@H]32)oc1C. The molecular weight excluding hydrogens is 270 g/mol. The molecule has 1 amide bonds. The van der Waals surface area contributed by atoms with Gasteiger partial charge in [0.2, 0.25) is 0 Å². The molecule has 5 nitrogen and oxygen atoms in total. The maximum atomic E-state index is 12.8. The van der Waals surface area contributed by atoms with Gasteiger partial charge in [-0.1, -0.05) is 12.8 Å². The van der Waals surface area contributed by atoms with Crippen LogP contribution in [0.1, 0.15) is 54.0 Å². The molecule has 1 aromatic heterocycles. The summed E-state index contributed by atoms with van der Waals surface area (Å²) in [5.41, 5.74) is 0.921. The monoisotopic (exact) mass is 291 g/mol. The Morgan fingerprint density at radius 2 is 2.00 bits per heavy atom. The predicted molar refractivity (Wildman–Crippen MR) is 76.1 cm³/mol. The first-order valence-corrected chi connectivity index (χ1v) is 7.61. The van der Waals surface area contributed by atoms with E-state index < -0.39 is 12.0 Å².